The van der Waals surface area contributed by atoms with E-state index in [0.717, 1.165) is 0 Å². The molecule has 0 N–H and O–H groups in total. The van der Waals surface area contributed by atoms with Crippen LogP contribution in [0.2, 0.25) is 0 Å². The van der Waals surface area contributed by atoms with Crippen LogP contribution in [0.5, 0.6) is 0 Å². The number of hydrogen-bond donors (Lipinski definition) is 0. The van der Waals surface area contributed by atoms with Gasteiger partial charge < -0.3 is 4.74 Å². The third-order valence-corrected chi connectivity index (χ3v) is 5.53. The highest BCUT2D eigenvalue weighted by atomic mass is 16.5. The molecule has 2 aliphatic heterocycles. The molecule has 0 saturated carbocycles. The molecule has 2 fully saturated rings. The molecule has 0 radical (unpaired) electrons. The van der Waals surface area contributed by atoms with E-state index in [1.807, 2.05) is 18.2 Å². The second-order valence-electron chi connectivity index (χ2n) is 7.20. The van der Waals surface area contributed by atoms with Crippen LogP contribution in [0.15, 0.2) is 30.3 Å². The minimum Gasteiger partial charge on any atom is -0.465 e. The van der Waals surface area contributed by atoms with Crippen molar-refractivity contribution < 1.29 is 9.53 Å². The predicted molar refractivity (Wildman–Crippen MR) is 92.4 cm³/mol. The normalized spacial score (nSPS) is 26.3. The van der Waals surface area contributed by atoms with Crippen LogP contribution >= 0.6 is 0 Å². The van der Waals surface area contributed by atoms with Gasteiger partial charge in [-0.3, -0.25) is 9.69 Å². The molecule has 23 heavy (non-hydrogen) atoms. The van der Waals surface area contributed by atoms with Gasteiger partial charge in [0.05, 0.1) is 13.0 Å². The molecular formula is C20H29NO2. The number of fused-ring (bicyclic) bond motifs is 1. The van der Waals surface area contributed by atoms with Gasteiger partial charge in [-0.1, -0.05) is 43.7 Å². The van der Waals surface area contributed by atoms with Gasteiger partial charge in [-0.25, -0.2) is 0 Å². The van der Waals surface area contributed by atoms with Crippen LogP contribution in [0.4, 0.5) is 0 Å². The van der Waals surface area contributed by atoms with Gasteiger partial charge in [0.15, 0.2) is 0 Å². The average molecular weight is 315 g/mol. The van der Waals surface area contributed by atoms with E-state index in [4.69, 9.17) is 4.74 Å². The van der Waals surface area contributed by atoms with E-state index in [0.29, 0.717) is 25.0 Å². The summed E-state index contributed by atoms with van der Waals surface area (Å²) in [5.74, 6) is 0.718. The van der Waals surface area contributed by atoms with E-state index >= 15 is 0 Å². The van der Waals surface area contributed by atoms with Crippen molar-refractivity contribution in [3.63, 3.8) is 0 Å². The molecule has 1 aromatic rings. The van der Waals surface area contributed by atoms with Crippen molar-refractivity contribution in [1.29, 1.82) is 0 Å². The predicted octanol–water partition coefficient (Wildman–Crippen LogP) is 3.99. The standard InChI is InChI=1S/C20H29NO2/c1-16(17-8-3-2-4-9-17)14-20(22)23-15-18-10-7-13-21-12-6-5-11-19(18)21/h2-4,8-9,16,18-19H,5-7,10-15H2,1H3/t16-,18-,19-/m1/s1. The maximum Gasteiger partial charge on any atom is 0.306 e. The Kier molecular flexibility index (Phi) is 5.71. The van der Waals surface area contributed by atoms with Gasteiger partial charge in [0.2, 0.25) is 0 Å². The summed E-state index contributed by atoms with van der Waals surface area (Å²) in [5, 5.41) is 0. The fraction of sp³-hybridized carbons (Fsp3) is 0.650. The van der Waals surface area contributed by atoms with E-state index < -0.39 is 0 Å². The van der Waals surface area contributed by atoms with Gasteiger partial charge in [-0.15, -0.1) is 0 Å². The lowest BCUT2D eigenvalue weighted by molar-refractivity contribution is -0.147. The summed E-state index contributed by atoms with van der Waals surface area (Å²) in [6.07, 6.45) is 6.88. The van der Waals surface area contributed by atoms with Crippen molar-refractivity contribution in [1.82, 2.24) is 4.90 Å². The SMILES string of the molecule is C[C@H](CC(=O)OC[C@H]1CCCN2CCCC[C@H]12)c1ccccc1. The summed E-state index contributed by atoms with van der Waals surface area (Å²) in [4.78, 5) is 14.8. The van der Waals surface area contributed by atoms with Crippen molar-refractivity contribution in [2.45, 2.75) is 57.4 Å². The molecule has 0 aliphatic carbocycles. The first kappa shape index (κ1) is 16.5. The maximum atomic E-state index is 12.2. The van der Waals surface area contributed by atoms with Crippen LogP contribution < -0.4 is 0 Å². The Morgan fingerprint density at radius 2 is 1.96 bits per heavy atom. The van der Waals surface area contributed by atoms with Crippen molar-refractivity contribution in [2.24, 2.45) is 5.92 Å². The highest BCUT2D eigenvalue weighted by Crippen LogP contribution is 2.31. The molecule has 0 bridgehead atoms. The Bertz CT molecular complexity index is 500. The van der Waals surface area contributed by atoms with Crippen molar-refractivity contribution in [2.75, 3.05) is 19.7 Å². The first-order valence-electron chi connectivity index (χ1n) is 9.18. The van der Waals surface area contributed by atoms with Gasteiger partial charge in [0.1, 0.15) is 0 Å². The molecule has 0 aromatic heterocycles. The Morgan fingerprint density at radius 3 is 2.78 bits per heavy atom. The van der Waals surface area contributed by atoms with E-state index in [1.165, 1.54) is 50.8 Å². The quantitative estimate of drug-likeness (QED) is 0.770. The monoisotopic (exact) mass is 315 g/mol. The Labute approximate surface area is 140 Å². The minimum atomic E-state index is -0.0470. The van der Waals surface area contributed by atoms with Crippen LogP contribution in [0.3, 0.4) is 0 Å². The fourth-order valence-corrected chi connectivity index (χ4v) is 4.18. The lowest BCUT2D eigenvalue weighted by Crippen LogP contribution is -2.49. The number of piperidine rings is 2. The summed E-state index contributed by atoms with van der Waals surface area (Å²) < 4.78 is 5.66. The zero-order valence-electron chi connectivity index (χ0n) is 14.2. The smallest absolute Gasteiger partial charge is 0.306 e. The van der Waals surface area contributed by atoms with Gasteiger partial charge in [0.25, 0.3) is 0 Å². The highest BCUT2D eigenvalue weighted by molar-refractivity contribution is 5.70. The Morgan fingerprint density at radius 1 is 1.17 bits per heavy atom. The lowest BCUT2D eigenvalue weighted by Gasteiger charge is -2.44. The van der Waals surface area contributed by atoms with Crippen LogP contribution in [-0.4, -0.2) is 36.6 Å². The number of hydrogen-bond acceptors (Lipinski definition) is 3. The van der Waals surface area contributed by atoms with E-state index in [1.54, 1.807) is 0 Å². The van der Waals surface area contributed by atoms with Gasteiger partial charge in [0, 0.05) is 12.0 Å². The maximum absolute atomic E-state index is 12.2. The molecule has 0 unspecified atom stereocenters. The topological polar surface area (TPSA) is 29.5 Å². The van der Waals surface area contributed by atoms with E-state index in [9.17, 15) is 4.79 Å². The molecule has 0 amide bonds. The first-order chi connectivity index (χ1) is 11.2. The number of carbonyl (C=O) groups excluding carboxylic acids is 1. The van der Waals surface area contributed by atoms with E-state index in [-0.39, 0.29) is 11.9 Å². The largest absolute Gasteiger partial charge is 0.465 e. The van der Waals surface area contributed by atoms with Crippen molar-refractivity contribution >= 4 is 5.97 Å². The first-order valence-corrected chi connectivity index (χ1v) is 9.18. The third kappa shape index (κ3) is 4.35. The summed E-state index contributed by atoms with van der Waals surface area (Å²) >= 11 is 0. The van der Waals surface area contributed by atoms with Gasteiger partial charge in [-0.05, 0) is 50.3 Å². The van der Waals surface area contributed by atoms with Crippen molar-refractivity contribution in [3.05, 3.63) is 35.9 Å². The number of ether oxygens (including phenoxy) is 1. The average Bonchev–Trinajstić information content (AvgIpc) is 2.60. The number of esters is 1. The summed E-state index contributed by atoms with van der Waals surface area (Å²) in [6, 6.07) is 10.9. The fourth-order valence-electron chi connectivity index (χ4n) is 4.18. The van der Waals surface area contributed by atoms with Crippen LogP contribution in [0.25, 0.3) is 0 Å². The number of carbonyl (C=O) groups is 1. The molecule has 2 heterocycles. The number of nitrogens with zero attached hydrogens (tertiary/aromatic N) is 1. The molecular weight excluding hydrogens is 286 g/mol. The second kappa shape index (κ2) is 7.96. The Balaban J connectivity index is 1.46. The summed E-state index contributed by atoms with van der Waals surface area (Å²) in [7, 11) is 0. The van der Waals surface area contributed by atoms with E-state index in [2.05, 4.69) is 24.0 Å². The zero-order chi connectivity index (χ0) is 16.1. The molecule has 2 saturated heterocycles. The molecule has 3 atom stereocenters. The number of benzene rings is 1. The molecule has 0 spiro atoms. The lowest BCUT2D eigenvalue weighted by atomic mass is 9.84. The van der Waals surface area contributed by atoms with Crippen molar-refractivity contribution in [3.8, 4) is 0 Å². The van der Waals surface area contributed by atoms with Gasteiger partial charge >= 0.3 is 5.97 Å². The van der Waals surface area contributed by atoms with Crippen LogP contribution in [-0.2, 0) is 9.53 Å². The third-order valence-electron chi connectivity index (χ3n) is 5.53. The molecule has 1 aromatic carbocycles. The molecule has 3 rings (SSSR count). The Hall–Kier alpha value is -1.35. The zero-order valence-corrected chi connectivity index (χ0v) is 14.2. The van der Waals surface area contributed by atoms with Gasteiger partial charge in [-0.2, -0.15) is 0 Å². The van der Waals surface area contributed by atoms with Crippen LogP contribution in [0, 0.1) is 5.92 Å². The number of rotatable bonds is 5. The molecule has 3 nitrogen and oxygen atoms in total. The summed E-state index contributed by atoms with van der Waals surface area (Å²) in [5.41, 5.74) is 1.21. The minimum absolute atomic E-state index is 0.0470. The molecule has 3 heteroatoms. The molecule has 2 aliphatic rings. The molecule has 126 valence electrons. The summed E-state index contributed by atoms with van der Waals surface area (Å²) in [6.45, 7) is 5.18. The van der Waals surface area contributed by atoms with Crippen LogP contribution in [0.1, 0.15) is 56.9 Å². The highest BCUT2D eigenvalue weighted by Gasteiger charge is 2.33. The second-order valence-corrected chi connectivity index (χ2v) is 7.20.